The zero-order chi connectivity index (χ0) is 14.5. The van der Waals surface area contributed by atoms with Crippen LogP contribution in [0.25, 0.3) is 0 Å². The quantitative estimate of drug-likeness (QED) is 0.841. The number of nitrogen functional groups attached to an aromatic ring is 1. The molecule has 0 amide bonds. The standard InChI is InChI=1S/C16H18ClFN2/c1-2-20(10-12-4-3-5-15(19)8-12)11-13-6-7-14(17)9-16(13)18/h3-9H,2,10-11,19H2,1H3. The first-order chi connectivity index (χ1) is 9.58. The van der Waals surface area contributed by atoms with Crippen LogP contribution < -0.4 is 5.73 Å². The molecule has 0 saturated heterocycles. The van der Waals surface area contributed by atoms with E-state index in [0.717, 1.165) is 24.3 Å². The molecular formula is C16H18ClFN2. The highest BCUT2D eigenvalue weighted by molar-refractivity contribution is 6.30. The van der Waals surface area contributed by atoms with Crippen LogP contribution in [0.3, 0.4) is 0 Å². The number of hydrogen-bond donors (Lipinski definition) is 1. The molecule has 106 valence electrons. The Labute approximate surface area is 124 Å². The molecule has 0 aromatic heterocycles. The highest BCUT2D eigenvalue weighted by Crippen LogP contribution is 2.18. The molecule has 2 N–H and O–H groups in total. The molecule has 2 rings (SSSR count). The summed E-state index contributed by atoms with van der Waals surface area (Å²) < 4.78 is 13.8. The van der Waals surface area contributed by atoms with Crippen molar-refractivity contribution in [1.29, 1.82) is 0 Å². The summed E-state index contributed by atoms with van der Waals surface area (Å²) in [5.41, 5.74) is 8.30. The molecule has 0 bridgehead atoms. The number of hydrogen-bond acceptors (Lipinski definition) is 2. The fraction of sp³-hybridized carbons (Fsp3) is 0.250. The third-order valence-corrected chi connectivity index (χ3v) is 3.45. The van der Waals surface area contributed by atoms with E-state index in [9.17, 15) is 4.39 Å². The van der Waals surface area contributed by atoms with Gasteiger partial charge in [-0.05, 0) is 36.4 Å². The Bertz CT molecular complexity index is 586. The summed E-state index contributed by atoms with van der Waals surface area (Å²) in [7, 11) is 0. The second kappa shape index (κ2) is 6.73. The number of nitrogens with two attached hydrogens (primary N) is 1. The molecule has 0 aliphatic rings. The van der Waals surface area contributed by atoms with Gasteiger partial charge in [-0.1, -0.05) is 36.7 Å². The molecule has 0 fully saturated rings. The van der Waals surface area contributed by atoms with E-state index in [0.29, 0.717) is 17.1 Å². The Morgan fingerprint density at radius 2 is 1.95 bits per heavy atom. The number of nitrogens with zero attached hydrogens (tertiary/aromatic N) is 1. The molecular weight excluding hydrogens is 275 g/mol. The van der Waals surface area contributed by atoms with E-state index in [2.05, 4.69) is 11.8 Å². The van der Waals surface area contributed by atoms with Gasteiger partial charge in [0, 0.05) is 29.4 Å². The van der Waals surface area contributed by atoms with E-state index < -0.39 is 0 Å². The van der Waals surface area contributed by atoms with Gasteiger partial charge in [-0.25, -0.2) is 4.39 Å². The molecule has 2 nitrogen and oxygen atoms in total. The third kappa shape index (κ3) is 3.95. The highest BCUT2D eigenvalue weighted by atomic mass is 35.5. The minimum atomic E-state index is -0.261. The van der Waals surface area contributed by atoms with Crippen LogP contribution in [-0.2, 0) is 13.1 Å². The van der Waals surface area contributed by atoms with Gasteiger partial charge in [0.05, 0.1) is 0 Å². The van der Waals surface area contributed by atoms with Gasteiger partial charge in [0.2, 0.25) is 0 Å². The summed E-state index contributed by atoms with van der Waals surface area (Å²) >= 11 is 5.77. The Morgan fingerprint density at radius 3 is 2.60 bits per heavy atom. The molecule has 0 heterocycles. The molecule has 0 radical (unpaired) electrons. The predicted octanol–water partition coefficient (Wildman–Crippen LogP) is 4.08. The summed E-state index contributed by atoms with van der Waals surface area (Å²) in [4.78, 5) is 2.15. The van der Waals surface area contributed by atoms with E-state index in [1.165, 1.54) is 6.07 Å². The van der Waals surface area contributed by atoms with Crippen LogP contribution in [-0.4, -0.2) is 11.4 Å². The Hall–Kier alpha value is -1.58. The van der Waals surface area contributed by atoms with Gasteiger partial charge in [0.25, 0.3) is 0 Å². The summed E-state index contributed by atoms with van der Waals surface area (Å²) in [5, 5.41) is 0.421. The molecule has 20 heavy (non-hydrogen) atoms. The lowest BCUT2D eigenvalue weighted by Crippen LogP contribution is -2.22. The van der Waals surface area contributed by atoms with Crippen molar-refractivity contribution in [2.75, 3.05) is 12.3 Å². The van der Waals surface area contributed by atoms with Gasteiger partial charge in [-0.15, -0.1) is 0 Å². The van der Waals surface area contributed by atoms with Crippen LogP contribution in [0.2, 0.25) is 5.02 Å². The lowest BCUT2D eigenvalue weighted by molar-refractivity contribution is 0.267. The second-order valence-corrected chi connectivity index (χ2v) is 5.22. The van der Waals surface area contributed by atoms with E-state index in [4.69, 9.17) is 17.3 Å². The van der Waals surface area contributed by atoms with Gasteiger partial charge in [0.15, 0.2) is 0 Å². The minimum absolute atomic E-state index is 0.261. The predicted molar refractivity (Wildman–Crippen MR) is 82.1 cm³/mol. The van der Waals surface area contributed by atoms with Crippen molar-refractivity contribution in [1.82, 2.24) is 4.90 Å². The SMILES string of the molecule is CCN(Cc1cccc(N)c1)Cc1ccc(Cl)cc1F. The van der Waals surface area contributed by atoms with Crippen molar-refractivity contribution >= 4 is 17.3 Å². The second-order valence-electron chi connectivity index (χ2n) is 4.78. The van der Waals surface area contributed by atoms with Gasteiger partial charge in [-0.2, -0.15) is 0 Å². The lowest BCUT2D eigenvalue weighted by atomic mass is 10.1. The first-order valence-electron chi connectivity index (χ1n) is 6.59. The molecule has 2 aromatic rings. The Balaban J connectivity index is 2.09. The van der Waals surface area contributed by atoms with E-state index in [1.54, 1.807) is 12.1 Å². The smallest absolute Gasteiger partial charge is 0.129 e. The van der Waals surface area contributed by atoms with E-state index in [1.807, 2.05) is 24.3 Å². The third-order valence-electron chi connectivity index (χ3n) is 3.21. The fourth-order valence-corrected chi connectivity index (χ4v) is 2.28. The molecule has 0 saturated carbocycles. The Kier molecular flexibility index (Phi) is 4.99. The molecule has 0 atom stereocenters. The topological polar surface area (TPSA) is 29.3 Å². The van der Waals surface area contributed by atoms with Crippen molar-refractivity contribution in [2.45, 2.75) is 20.0 Å². The average Bonchev–Trinajstić information content (AvgIpc) is 2.41. The number of benzene rings is 2. The van der Waals surface area contributed by atoms with Crippen molar-refractivity contribution in [3.05, 3.63) is 64.4 Å². The van der Waals surface area contributed by atoms with Crippen LogP contribution in [0.5, 0.6) is 0 Å². The first kappa shape index (κ1) is 14.8. The van der Waals surface area contributed by atoms with Gasteiger partial charge in [0.1, 0.15) is 5.82 Å². The van der Waals surface area contributed by atoms with Crippen LogP contribution in [0.15, 0.2) is 42.5 Å². The number of anilines is 1. The molecule has 0 aliphatic heterocycles. The maximum atomic E-state index is 13.8. The summed E-state index contributed by atoms with van der Waals surface area (Å²) in [6.07, 6.45) is 0. The normalized spacial score (nSPS) is 11.0. The van der Waals surface area contributed by atoms with Crippen molar-refractivity contribution in [2.24, 2.45) is 0 Å². The Morgan fingerprint density at radius 1 is 1.15 bits per heavy atom. The van der Waals surface area contributed by atoms with Crippen LogP contribution in [0.1, 0.15) is 18.1 Å². The zero-order valence-corrected chi connectivity index (χ0v) is 12.2. The summed E-state index contributed by atoms with van der Waals surface area (Å²) in [5.74, 6) is -0.261. The molecule has 0 aliphatic carbocycles. The molecule has 2 aromatic carbocycles. The van der Waals surface area contributed by atoms with Crippen molar-refractivity contribution in [3.63, 3.8) is 0 Å². The lowest BCUT2D eigenvalue weighted by Gasteiger charge is -2.21. The zero-order valence-electron chi connectivity index (χ0n) is 11.4. The number of rotatable bonds is 5. The van der Waals surface area contributed by atoms with Crippen LogP contribution >= 0.6 is 11.6 Å². The molecule has 0 unspecified atom stereocenters. The van der Waals surface area contributed by atoms with Gasteiger partial charge in [-0.3, -0.25) is 4.90 Å². The minimum Gasteiger partial charge on any atom is -0.399 e. The maximum Gasteiger partial charge on any atom is 0.129 e. The van der Waals surface area contributed by atoms with Gasteiger partial charge < -0.3 is 5.73 Å². The molecule has 0 spiro atoms. The van der Waals surface area contributed by atoms with Crippen molar-refractivity contribution < 1.29 is 4.39 Å². The van der Waals surface area contributed by atoms with Gasteiger partial charge >= 0.3 is 0 Å². The van der Waals surface area contributed by atoms with Crippen LogP contribution in [0, 0.1) is 5.82 Å². The van der Waals surface area contributed by atoms with Crippen LogP contribution in [0.4, 0.5) is 10.1 Å². The van der Waals surface area contributed by atoms with Crippen molar-refractivity contribution in [3.8, 4) is 0 Å². The average molecular weight is 293 g/mol. The van der Waals surface area contributed by atoms with E-state index >= 15 is 0 Å². The first-order valence-corrected chi connectivity index (χ1v) is 6.97. The number of halogens is 2. The monoisotopic (exact) mass is 292 g/mol. The fourth-order valence-electron chi connectivity index (χ4n) is 2.12. The largest absolute Gasteiger partial charge is 0.399 e. The summed E-state index contributed by atoms with van der Waals surface area (Å²) in [6, 6.07) is 12.6. The highest BCUT2D eigenvalue weighted by Gasteiger charge is 2.09. The maximum absolute atomic E-state index is 13.8. The molecule has 4 heteroatoms. The summed E-state index contributed by atoms with van der Waals surface area (Å²) in [6.45, 7) is 4.18. The van der Waals surface area contributed by atoms with E-state index in [-0.39, 0.29) is 5.82 Å².